The highest BCUT2D eigenvalue weighted by molar-refractivity contribution is 5.71. The van der Waals surface area contributed by atoms with Crippen molar-refractivity contribution in [1.82, 2.24) is 15.0 Å². The maximum Gasteiger partial charge on any atom is 0.330 e. The normalized spacial score (nSPS) is 15.1. The molecule has 0 radical (unpaired) electrons. The largest absolute Gasteiger partial charge is 0.376 e. The summed E-state index contributed by atoms with van der Waals surface area (Å²) in [6, 6.07) is 1.01. The number of carbonyl (C=O) groups excluding carboxylic acids is 1. The van der Waals surface area contributed by atoms with Gasteiger partial charge in [0.1, 0.15) is 18.8 Å². The SMILES string of the molecule is CO[C@@H]([C@@H](F)n1ccc(=O)[nH]c1=O)[C@@H](CONC(C)=O)OC. The topological polar surface area (TPSA) is 112 Å². The zero-order valence-corrected chi connectivity index (χ0v) is 12.4. The number of aromatic nitrogens is 2. The standard InChI is InChI=1S/C12H18FN3O6/c1-7(17)15-22-6-8(20-2)10(21-3)11(13)16-5-4-9(18)14-12(16)19/h4-5,8,10-11H,6H2,1-3H3,(H,15,17)(H,14,18,19)/t8-,10-,11+/m1/s1. The van der Waals surface area contributed by atoms with Crippen LogP contribution in [0.1, 0.15) is 13.2 Å². The Balaban J connectivity index is 2.89. The van der Waals surface area contributed by atoms with E-state index in [1.165, 1.54) is 21.1 Å². The van der Waals surface area contributed by atoms with E-state index in [2.05, 4.69) is 5.48 Å². The summed E-state index contributed by atoms with van der Waals surface area (Å²) in [6.07, 6.45) is -3.03. The first kappa shape index (κ1) is 18.0. The third-order valence-electron chi connectivity index (χ3n) is 2.79. The smallest absolute Gasteiger partial charge is 0.330 e. The summed E-state index contributed by atoms with van der Waals surface area (Å²) in [5, 5.41) is 0. The van der Waals surface area contributed by atoms with E-state index in [-0.39, 0.29) is 6.61 Å². The molecule has 9 nitrogen and oxygen atoms in total. The third-order valence-corrected chi connectivity index (χ3v) is 2.79. The van der Waals surface area contributed by atoms with Gasteiger partial charge in [-0.05, 0) is 0 Å². The Morgan fingerprint density at radius 2 is 2.09 bits per heavy atom. The van der Waals surface area contributed by atoms with Crippen LogP contribution in [0.4, 0.5) is 4.39 Å². The lowest BCUT2D eigenvalue weighted by Gasteiger charge is -2.27. The Morgan fingerprint density at radius 3 is 2.59 bits per heavy atom. The highest BCUT2D eigenvalue weighted by Crippen LogP contribution is 2.19. The molecule has 3 atom stereocenters. The van der Waals surface area contributed by atoms with E-state index in [0.717, 1.165) is 12.3 Å². The lowest BCUT2D eigenvalue weighted by atomic mass is 10.2. The second-order valence-electron chi connectivity index (χ2n) is 4.33. The van der Waals surface area contributed by atoms with Gasteiger partial charge < -0.3 is 9.47 Å². The van der Waals surface area contributed by atoms with Gasteiger partial charge in [-0.15, -0.1) is 0 Å². The summed E-state index contributed by atoms with van der Waals surface area (Å²) in [4.78, 5) is 40.1. The van der Waals surface area contributed by atoms with E-state index in [1.807, 2.05) is 4.98 Å². The van der Waals surface area contributed by atoms with Crippen LogP contribution in [0.5, 0.6) is 0 Å². The number of carbonyl (C=O) groups is 1. The number of rotatable bonds is 8. The van der Waals surface area contributed by atoms with Gasteiger partial charge in [-0.2, -0.15) is 0 Å². The molecule has 1 amide bonds. The highest BCUT2D eigenvalue weighted by Gasteiger charge is 2.32. The van der Waals surface area contributed by atoms with Gasteiger partial charge in [-0.25, -0.2) is 14.7 Å². The zero-order chi connectivity index (χ0) is 16.7. The Labute approximate surface area is 124 Å². The fourth-order valence-corrected chi connectivity index (χ4v) is 1.74. The van der Waals surface area contributed by atoms with Gasteiger partial charge in [-0.1, -0.05) is 0 Å². The van der Waals surface area contributed by atoms with Crippen LogP contribution in [0.15, 0.2) is 21.9 Å². The number of hydroxylamine groups is 1. The second kappa shape index (κ2) is 8.41. The first-order valence-corrected chi connectivity index (χ1v) is 6.30. The molecule has 0 aliphatic carbocycles. The number of H-pyrrole nitrogens is 1. The van der Waals surface area contributed by atoms with Crippen molar-refractivity contribution in [3.63, 3.8) is 0 Å². The van der Waals surface area contributed by atoms with Crippen LogP contribution in [-0.2, 0) is 19.1 Å². The van der Waals surface area contributed by atoms with Crippen LogP contribution in [0, 0.1) is 0 Å². The van der Waals surface area contributed by atoms with Crippen molar-refractivity contribution >= 4 is 5.91 Å². The quantitative estimate of drug-likeness (QED) is 0.601. The molecule has 1 heterocycles. The number of hydrogen-bond donors (Lipinski definition) is 2. The van der Waals surface area contributed by atoms with E-state index < -0.39 is 35.7 Å². The molecule has 0 fully saturated rings. The predicted octanol–water partition coefficient (Wildman–Crippen LogP) is -0.898. The monoisotopic (exact) mass is 319 g/mol. The molecule has 0 saturated carbocycles. The van der Waals surface area contributed by atoms with Crippen molar-refractivity contribution in [1.29, 1.82) is 0 Å². The van der Waals surface area contributed by atoms with Gasteiger partial charge >= 0.3 is 5.69 Å². The minimum Gasteiger partial charge on any atom is -0.376 e. The molecule has 0 saturated heterocycles. The average Bonchev–Trinajstić information content (AvgIpc) is 2.45. The molecule has 2 N–H and O–H groups in total. The number of halogens is 1. The van der Waals surface area contributed by atoms with Crippen molar-refractivity contribution in [3.05, 3.63) is 33.1 Å². The summed E-state index contributed by atoms with van der Waals surface area (Å²) in [5.74, 6) is -0.433. The van der Waals surface area contributed by atoms with E-state index >= 15 is 0 Å². The van der Waals surface area contributed by atoms with Crippen LogP contribution in [0.2, 0.25) is 0 Å². The van der Waals surface area contributed by atoms with Crippen molar-refractivity contribution in [2.24, 2.45) is 0 Å². The number of ether oxygens (including phenoxy) is 2. The number of aromatic amines is 1. The van der Waals surface area contributed by atoms with E-state index in [1.54, 1.807) is 0 Å². The molecular weight excluding hydrogens is 301 g/mol. The Bertz CT molecular complexity index is 601. The maximum absolute atomic E-state index is 14.5. The van der Waals surface area contributed by atoms with Crippen LogP contribution >= 0.6 is 0 Å². The van der Waals surface area contributed by atoms with E-state index in [4.69, 9.17) is 14.3 Å². The molecule has 0 aromatic carbocycles. The van der Waals surface area contributed by atoms with E-state index in [0.29, 0.717) is 4.57 Å². The number of amides is 1. The van der Waals surface area contributed by atoms with Gasteiger partial charge in [0.2, 0.25) is 12.2 Å². The Kier molecular flexibility index (Phi) is 6.89. The highest BCUT2D eigenvalue weighted by atomic mass is 19.1. The van der Waals surface area contributed by atoms with Gasteiger partial charge in [0, 0.05) is 33.4 Å². The number of nitrogens with zero attached hydrogens (tertiary/aromatic N) is 1. The molecule has 10 heteroatoms. The first-order valence-electron chi connectivity index (χ1n) is 6.30. The van der Waals surface area contributed by atoms with Crippen LogP contribution < -0.4 is 16.7 Å². The molecule has 1 aromatic rings. The van der Waals surface area contributed by atoms with Crippen molar-refractivity contribution in [2.75, 3.05) is 20.8 Å². The molecular formula is C12H18FN3O6. The molecule has 0 spiro atoms. The lowest BCUT2D eigenvalue weighted by molar-refractivity contribution is -0.147. The minimum atomic E-state index is -1.93. The van der Waals surface area contributed by atoms with Crippen molar-refractivity contribution < 1.29 is 23.5 Å². The Hall–Kier alpha value is -2.04. The van der Waals surface area contributed by atoms with Gasteiger partial charge in [0.05, 0.1) is 0 Å². The molecule has 0 aliphatic heterocycles. The summed E-state index contributed by atoms with van der Waals surface area (Å²) in [6.45, 7) is 1.04. The number of hydrogen-bond acceptors (Lipinski definition) is 6. The predicted molar refractivity (Wildman–Crippen MR) is 72.8 cm³/mol. The fourth-order valence-electron chi connectivity index (χ4n) is 1.74. The molecule has 0 aliphatic rings. The van der Waals surface area contributed by atoms with Crippen LogP contribution in [0.25, 0.3) is 0 Å². The van der Waals surface area contributed by atoms with Crippen LogP contribution in [0.3, 0.4) is 0 Å². The summed E-state index contributed by atoms with van der Waals surface area (Å²) >= 11 is 0. The van der Waals surface area contributed by atoms with Gasteiger partial charge in [-0.3, -0.25) is 24.0 Å². The number of nitrogens with one attached hydrogen (secondary N) is 2. The average molecular weight is 319 g/mol. The fraction of sp³-hybridized carbons (Fsp3) is 0.583. The third kappa shape index (κ3) is 4.76. The lowest BCUT2D eigenvalue weighted by Crippen LogP contribution is -2.44. The van der Waals surface area contributed by atoms with Crippen molar-refractivity contribution in [3.8, 4) is 0 Å². The van der Waals surface area contributed by atoms with Gasteiger partial charge in [0.25, 0.3) is 5.56 Å². The van der Waals surface area contributed by atoms with E-state index in [9.17, 15) is 18.8 Å². The maximum atomic E-state index is 14.5. The molecule has 1 rings (SSSR count). The van der Waals surface area contributed by atoms with Crippen molar-refractivity contribution in [2.45, 2.75) is 25.4 Å². The minimum absolute atomic E-state index is 0.201. The summed E-state index contributed by atoms with van der Waals surface area (Å²) in [7, 11) is 2.54. The number of alkyl halides is 1. The molecule has 1 aromatic heterocycles. The summed E-state index contributed by atoms with van der Waals surface area (Å²) in [5.41, 5.74) is 0.518. The molecule has 22 heavy (non-hydrogen) atoms. The summed E-state index contributed by atoms with van der Waals surface area (Å²) < 4.78 is 25.3. The Morgan fingerprint density at radius 1 is 1.41 bits per heavy atom. The van der Waals surface area contributed by atoms with Gasteiger partial charge in [0.15, 0.2) is 0 Å². The molecule has 0 unspecified atom stereocenters. The molecule has 124 valence electrons. The number of methoxy groups -OCH3 is 2. The first-order chi connectivity index (χ1) is 10.4. The molecule has 0 bridgehead atoms. The zero-order valence-electron chi connectivity index (χ0n) is 12.4. The second-order valence-corrected chi connectivity index (χ2v) is 4.33. The van der Waals surface area contributed by atoms with Crippen LogP contribution in [-0.4, -0.2) is 48.5 Å².